The summed E-state index contributed by atoms with van der Waals surface area (Å²) >= 11 is 0. The summed E-state index contributed by atoms with van der Waals surface area (Å²) in [4.78, 5) is 11.8. The first-order valence-corrected chi connectivity index (χ1v) is 6.89. The fourth-order valence-corrected chi connectivity index (χ4v) is 1.91. The first kappa shape index (κ1) is 14.8. The first-order chi connectivity index (χ1) is 11.2. The van der Waals surface area contributed by atoms with Gasteiger partial charge >= 0.3 is 5.97 Å². The van der Waals surface area contributed by atoms with E-state index in [1.807, 2.05) is 0 Å². The molecule has 0 fully saturated rings. The summed E-state index contributed by atoms with van der Waals surface area (Å²) in [6.45, 7) is 1.64. The molecule has 0 spiro atoms. The lowest BCUT2D eigenvalue weighted by Gasteiger charge is -2.07. The summed E-state index contributed by atoms with van der Waals surface area (Å²) in [5.41, 5.74) is 0.745. The van der Waals surface area contributed by atoms with E-state index in [4.69, 9.17) is 18.3 Å². The molecular weight excluding hydrogens is 300 g/mol. The van der Waals surface area contributed by atoms with Crippen LogP contribution in [-0.4, -0.2) is 23.3 Å². The van der Waals surface area contributed by atoms with E-state index in [0.29, 0.717) is 5.89 Å². The van der Waals surface area contributed by atoms with Crippen LogP contribution in [0.5, 0.6) is 5.75 Å². The molecule has 0 amide bonds. The number of ether oxygens (including phenoxy) is 2. The van der Waals surface area contributed by atoms with Gasteiger partial charge < -0.3 is 18.3 Å². The number of hydrogen-bond donors (Lipinski definition) is 0. The Bertz CT molecular complexity index is 777. The van der Waals surface area contributed by atoms with Crippen LogP contribution < -0.4 is 4.74 Å². The van der Waals surface area contributed by atoms with Crippen molar-refractivity contribution >= 4 is 5.97 Å². The number of carbonyl (C=O) groups is 1. The summed E-state index contributed by atoms with van der Waals surface area (Å²) in [6, 6.07) is 10.3. The fraction of sp³-hybridized carbons (Fsp3) is 0.188. The highest BCUT2D eigenvalue weighted by Crippen LogP contribution is 2.24. The van der Waals surface area contributed by atoms with Crippen molar-refractivity contribution in [3.63, 3.8) is 0 Å². The van der Waals surface area contributed by atoms with Gasteiger partial charge in [-0.15, -0.1) is 10.2 Å². The number of aromatic nitrogens is 2. The molecule has 1 aromatic carbocycles. The van der Waals surface area contributed by atoms with Crippen molar-refractivity contribution in [1.29, 1.82) is 0 Å². The molecule has 2 heterocycles. The Morgan fingerprint density at radius 3 is 2.61 bits per heavy atom. The summed E-state index contributed by atoms with van der Waals surface area (Å²) in [6.07, 6.45) is 0.711. The molecule has 0 saturated carbocycles. The number of rotatable bonds is 5. The first-order valence-electron chi connectivity index (χ1n) is 6.89. The van der Waals surface area contributed by atoms with Crippen molar-refractivity contribution < 1.29 is 23.1 Å². The zero-order chi connectivity index (χ0) is 16.2. The van der Waals surface area contributed by atoms with Gasteiger partial charge in [-0.05, 0) is 43.3 Å². The van der Waals surface area contributed by atoms with Crippen molar-refractivity contribution in [2.45, 2.75) is 13.0 Å². The van der Waals surface area contributed by atoms with Gasteiger partial charge in [-0.1, -0.05) is 0 Å². The molecule has 118 valence electrons. The molecular formula is C16H14N2O5. The van der Waals surface area contributed by atoms with E-state index in [0.717, 1.165) is 11.3 Å². The van der Waals surface area contributed by atoms with E-state index in [1.54, 1.807) is 44.4 Å². The summed E-state index contributed by atoms with van der Waals surface area (Å²) < 4.78 is 20.8. The van der Waals surface area contributed by atoms with Gasteiger partial charge in [0.05, 0.1) is 13.4 Å². The van der Waals surface area contributed by atoms with Crippen LogP contribution >= 0.6 is 0 Å². The topological polar surface area (TPSA) is 87.6 Å². The molecule has 0 N–H and O–H groups in total. The second kappa shape index (κ2) is 6.35. The van der Waals surface area contributed by atoms with Crippen molar-refractivity contribution in [3.8, 4) is 17.2 Å². The minimum Gasteiger partial charge on any atom is -0.497 e. The maximum atomic E-state index is 11.8. The molecule has 2 aromatic heterocycles. The van der Waals surface area contributed by atoms with Crippen LogP contribution in [0.15, 0.2) is 51.5 Å². The molecule has 0 aliphatic rings. The van der Waals surface area contributed by atoms with Gasteiger partial charge in [0, 0.05) is 5.56 Å². The Kier molecular flexibility index (Phi) is 4.09. The number of benzene rings is 1. The average molecular weight is 314 g/mol. The van der Waals surface area contributed by atoms with E-state index >= 15 is 0 Å². The Labute approximate surface area is 131 Å². The minimum atomic E-state index is -0.688. The molecule has 3 rings (SSSR count). The van der Waals surface area contributed by atoms with Crippen LogP contribution in [0.2, 0.25) is 0 Å². The third kappa shape index (κ3) is 3.23. The quantitative estimate of drug-likeness (QED) is 0.668. The summed E-state index contributed by atoms with van der Waals surface area (Å²) in [7, 11) is 1.59. The lowest BCUT2D eigenvalue weighted by molar-refractivity contribution is 0.0244. The van der Waals surface area contributed by atoms with Crippen LogP contribution in [0.3, 0.4) is 0 Å². The number of furan rings is 1. The van der Waals surface area contributed by atoms with Gasteiger partial charge in [0.15, 0.2) is 6.10 Å². The fourth-order valence-electron chi connectivity index (χ4n) is 1.91. The molecule has 0 aliphatic carbocycles. The van der Waals surface area contributed by atoms with E-state index in [-0.39, 0.29) is 11.7 Å². The van der Waals surface area contributed by atoms with Gasteiger partial charge in [-0.25, -0.2) is 4.79 Å². The highest BCUT2D eigenvalue weighted by molar-refractivity contribution is 5.86. The predicted molar refractivity (Wildman–Crippen MR) is 78.8 cm³/mol. The number of esters is 1. The van der Waals surface area contributed by atoms with Gasteiger partial charge in [0.2, 0.25) is 11.7 Å². The van der Waals surface area contributed by atoms with Crippen LogP contribution in [0, 0.1) is 0 Å². The molecule has 0 bridgehead atoms. The third-order valence-corrected chi connectivity index (χ3v) is 3.13. The number of carbonyl (C=O) groups excluding carboxylic acids is 1. The lowest BCUT2D eigenvalue weighted by Crippen LogP contribution is -2.08. The largest absolute Gasteiger partial charge is 0.497 e. The molecule has 23 heavy (non-hydrogen) atoms. The number of hydrogen-bond acceptors (Lipinski definition) is 7. The molecule has 3 aromatic rings. The monoisotopic (exact) mass is 314 g/mol. The van der Waals surface area contributed by atoms with Gasteiger partial charge in [0.1, 0.15) is 5.75 Å². The van der Waals surface area contributed by atoms with E-state index in [1.165, 1.54) is 12.3 Å². The molecule has 7 heteroatoms. The molecule has 0 unspecified atom stereocenters. The highest BCUT2D eigenvalue weighted by Gasteiger charge is 2.21. The highest BCUT2D eigenvalue weighted by atomic mass is 16.6. The van der Waals surface area contributed by atoms with Crippen LogP contribution in [0.25, 0.3) is 11.5 Å². The van der Waals surface area contributed by atoms with Crippen molar-refractivity contribution in [3.05, 3.63) is 54.3 Å². The Balaban J connectivity index is 1.71. The predicted octanol–water partition coefficient (Wildman–Crippen LogP) is 3.26. The zero-order valence-corrected chi connectivity index (χ0v) is 12.6. The minimum absolute atomic E-state index is 0.117. The summed E-state index contributed by atoms with van der Waals surface area (Å²) in [5.74, 6) is 0.798. The lowest BCUT2D eigenvalue weighted by atomic mass is 10.2. The molecule has 0 aliphatic heterocycles. The number of methoxy groups -OCH3 is 1. The van der Waals surface area contributed by atoms with Crippen molar-refractivity contribution in [1.82, 2.24) is 10.2 Å². The number of nitrogens with zero attached hydrogens (tertiary/aromatic N) is 2. The summed E-state index contributed by atoms with van der Waals surface area (Å²) in [5, 5.41) is 7.87. The van der Waals surface area contributed by atoms with E-state index < -0.39 is 12.1 Å². The van der Waals surface area contributed by atoms with Crippen molar-refractivity contribution in [2.75, 3.05) is 7.11 Å². The molecule has 1 atom stereocenters. The maximum Gasteiger partial charge on any atom is 0.374 e. The van der Waals surface area contributed by atoms with Gasteiger partial charge in [-0.2, -0.15) is 0 Å². The van der Waals surface area contributed by atoms with Crippen LogP contribution in [0.4, 0.5) is 0 Å². The average Bonchev–Trinajstić information content (AvgIpc) is 3.26. The van der Waals surface area contributed by atoms with Crippen molar-refractivity contribution in [2.24, 2.45) is 0 Å². The van der Waals surface area contributed by atoms with E-state index in [9.17, 15) is 4.79 Å². The Hall–Kier alpha value is -3.09. The molecule has 0 radical (unpaired) electrons. The van der Waals surface area contributed by atoms with Gasteiger partial charge in [0.25, 0.3) is 5.89 Å². The van der Waals surface area contributed by atoms with E-state index in [2.05, 4.69) is 10.2 Å². The second-order valence-electron chi connectivity index (χ2n) is 4.70. The Morgan fingerprint density at radius 2 is 1.96 bits per heavy atom. The Morgan fingerprint density at radius 1 is 1.17 bits per heavy atom. The zero-order valence-electron chi connectivity index (χ0n) is 12.6. The SMILES string of the molecule is COc1ccc(-c2nnc([C@@H](C)OC(=O)c3ccco3)o2)cc1. The maximum absolute atomic E-state index is 11.8. The second-order valence-corrected chi connectivity index (χ2v) is 4.70. The third-order valence-electron chi connectivity index (χ3n) is 3.13. The smallest absolute Gasteiger partial charge is 0.374 e. The standard InChI is InChI=1S/C16H14N2O5/c1-10(22-16(19)13-4-3-9-21-13)14-17-18-15(23-14)11-5-7-12(20-2)8-6-11/h3-10H,1-2H3/t10-/m1/s1. The molecule has 0 saturated heterocycles. The van der Waals surface area contributed by atoms with Crippen LogP contribution in [-0.2, 0) is 4.74 Å². The normalized spacial score (nSPS) is 11.9. The molecule has 7 nitrogen and oxygen atoms in total. The van der Waals surface area contributed by atoms with Gasteiger partial charge in [-0.3, -0.25) is 0 Å². The van der Waals surface area contributed by atoms with Crippen LogP contribution in [0.1, 0.15) is 29.5 Å².